The van der Waals surface area contributed by atoms with Gasteiger partial charge in [0.15, 0.2) is 0 Å². The van der Waals surface area contributed by atoms with Gasteiger partial charge in [-0.2, -0.15) is 0 Å². The zero-order valence-electron chi connectivity index (χ0n) is 14.4. The quantitative estimate of drug-likeness (QED) is 0.452. The average molecular weight is 328 g/mol. The minimum Gasteiger partial charge on any atom is -0.359 e. The van der Waals surface area contributed by atoms with Gasteiger partial charge < -0.3 is 14.1 Å². The highest BCUT2D eigenvalue weighted by Crippen LogP contribution is 2.21. The van der Waals surface area contributed by atoms with Gasteiger partial charge in [-0.05, 0) is 48.4 Å². The van der Waals surface area contributed by atoms with Gasteiger partial charge in [0.1, 0.15) is 5.82 Å². The molecule has 3 aromatic heterocycles. The van der Waals surface area contributed by atoms with Crippen LogP contribution in [0.2, 0.25) is 0 Å². The molecule has 1 aromatic carbocycles. The lowest BCUT2D eigenvalue weighted by Crippen LogP contribution is -2.24. The number of aromatic nitrogens is 4. The number of aromatic amines is 1. The Morgan fingerprint density at radius 1 is 1.12 bits per heavy atom. The largest absolute Gasteiger partial charge is 0.359 e. The Hall–Kier alpha value is -3.14. The van der Waals surface area contributed by atoms with E-state index < -0.39 is 0 Å². The maximum absolute atomic E-state index is 4.77. The van der Waals surface area contributed by atoms with E-state index >= 15 is 0 Å². The van der Waals surface area contributed by atoms with Crippen LogP contribution in [0.4, 0.5) is 0 Å². The first kappa shape index (κ1) is 15.4. The molecule has 124 valence electrons. The molecule has 0 spiro atoms. The van der Waals surface area contributed by atoms with Gasteiger partial charge in [-0.3, -0.25) is 4.98 Å². The van der Waals surface area contributed by atoms with Gasteiger partial charge in [-0.25, -0.2) is 0 Å². The van der Waals surface area contributed by atoms with Crippen molar-refractivity contribution in [1.29, 1.82) is 0 Å². The molecule has 3 heterocycles. The van der Waals surface area contributed by atoms with Gasteiger partial charge in [-0.15, -0.1) is 0 Å². The molecular formula is C21H20N4. The van der Waals surface area contributed by atoms with Crippen LogP contribution in [0.15, 0.2) is 67.0 Å². The summed E-state index contributed by atoms with van der Waals surface area (Å²) in [5, 5.41) is 0. The van der Waals surface area contributed by atoms with Crippen LogP contribution in [0.5, 0.6) is 0 Å². The van der Waals surface area contributed by atoms with Crippen LogP contribution in [-0.4, -0.2) is 14.5 Å². The minimum absolute atomic E-state index is 0.800. The van der Waals surface area contributed by atoms with Crippen molar-refractivity contribution in [1.82, 2.24) is 14.5 Å². The second-order valence-electron chi connectivity index (χ2n) is 6.30. The Morgan fingerprint density at radius 3 is 2.76 bits per heavy atom. The molecule has 1 N–H and O–H groups in total. The topological polar surface area (TPSA) is 37.5 Å². The molecule has 0 fully saturated rings. The third-order valence-electron chi connectivity index (χ3n) is 4.20. The van der Waals surface area contributed by atoms with Crippen molar-refractivity contribution < 1.29 is 4.57 Å². The van der Waals surface area contributed by atoms with E-state index in [0.29, 0.717) is 0 Å². The van der Waals surface area contributed by atoms with Crippen LogP contribution >= 0.6 is 0 Å². The summed E-state index contributed by atoms with van der Waals surface area (Å²) in [7, 11) is 1.95. The van der Waals surface area contributed by atoms with Crippen molar-refractivity contribution in [2.45, 2.75) is 13.3 Å². The van der Waals surface area contributed by atoms with E-state index in [9.17, 15) is 0 Å². The van der Waals surface area contributed by atoms with E-state index in [1.165, 1.54) is 16.8 Å². The highest BCUT2D eigenvalue weighted by Gasteiger charge is 2.05. The lowest BCUT2D eigenvalue weighted by atomic mass is 10.0. The number of imidazole rings is 1. The fourth-order valence-corrected chi connectivity index (χ4v) is 2.96. The van der Waals surface area contributed by atoms with E-state index in [4.69, 9.17) is 4.98 Å². The second kappa shape index (κ2) is 6.40. The van der Waals surface area contributed by atoms with Gasteiger partial charge in [0.05, 0.1) is 7.05 Å². The van der Waals surface area contributed by atoms with Gasteiger partial charge in [0.2, 0.25) is 6.33 Å². The van der Waals surface area contributed by atoms with E-state index in [1.807, 2.05) is 40.7 Å². The fraction of sp³-hybridized carbons (Fsp3) is 0.143. The number of H-pyrrole nitrogens is 1. The molecule has 4 nitrogen and oxygen atoms in total. The van der Waals surface area contributed by atoms with E-state index in [1.54, 1.807) is 0 Å². The molecule has 4 aromatic rings. The van der Waals surface area contributed by atoms with Crippen molar-refractivity contribution in [3.05, 3.63) is 90.3 Å². The summed E-state index contributed by atoms with van der Waals surface area (Å²) in [6.45, 7) is 2.07. The number of benzene rings is 1. The first-order valence-electron chi connectivity index (χ1n) is 8.35. The van der Waals surface area contributed by atoms with E-state index in [-0.39, 0.29) is 0 Å². The zero-order valence-corrected chi connectivity index (χ0v) is 14.4. The van der Waals surface area contributed by atoms with Crippen LogP contribution in [0.1, 0.15) is 17.0 Å². The predicted molar refractivity (Wildman–Crippen MR) is 97.3 cm³/mol. The summed E-state index contributed by atoms with van der Waals surface area (Å²) >= 11 is 0. The Kier molecular flexibility index (Phi) is 3.94. The average Bonchev–Trinajstić information content (AvgIpc) is 3.24. The molecule has 0 aliphatic carbocycles. The normalized spacial score (nSPS) is 11.0. The van der Waals surface area contributed by atoms with Crippen LogP contribution in [0, 0.1) is 13.3 Å². The molecule has 0 amide bonds. The van der Waals surface area contributed by atoms with Crippen molar-refractivity contribution in [3.63, 3.8) is 0 Å². The number of rotatable bonds is 4. The number of hydrogen-bond donors (Lipinski definition) is 1. The molecule has 0 aliphatic rings. The second-order valence-corrected chi connectivity index (χ2v) is 6.30. The lowest BCUT2D eigenvalue weighted by Gasteiger charge is -2.07. The molecule has 0 saturated heterocycles. The number of nitrogens with one attached hydrogen (secondary N) is 1. The van der Waals surface area contributed by atoms with E-state index in [2.05, 4.69) is 60.7 Å². The summed E-state index contributed by atoms with van der Waals surface area (Å²) in [6.07, 6.45) is 7.90. The Labute approximate surface area is 147 Å². The molecule has 0 saturated carbocycles. The summed E-state index contributed by atoms with van der Waals surface area (Å²) in [5.74, 6) is 0.884. The van der Waals surface area contributed by atoms with Gasteiger partial charge in [0.25, 0.3) is 0 Å². The standard InChI is InChI=1S/C21H20N4/c1-16-9-10-20(22-16)18-6-3-5-17(13-18)14-19-7-4-8-21(23-19)25-12-11-24(2)15-25/h3-13,22H,14H2,1-2H3. The SMILES string of the molecule is Cc1ccc(-c2cccc(Cc3cccc(-n4[c-][n+](C)cc4)n3)c2)[nH]1. The van der Waals surface area contributed by atoms with Gasteiger partial charge in [-0.1, -0.05) is 24.3 Å². The molecule has 0 radical (unpaired) electrons. The maximum Gasteiger partial charge on any atom is 0.244 e. The summed E-state index contributed by atoms with van der Waals surface area (Å²) in [4.78, 5) is 8.16. The molecule has 0 aliphatic heterocycles. The smallest absolute Gasteiger partial charge is 0.244 e. The maximum atomic E-state index is 4.77. The third-order valence-corrected chi connectivity index (χ3v) is 4.20. The monoisotopic (exact) mass is 328 g/mol. The van der Waals surface area contributed by atoms with Gasteiger partial charge >= 0.3 is 0 Å². The Bertz CT molecular complexity index is 928. The zero-order chi connectivity index (χ0) is 17.2. The summed E-state index contributed by atoms with van der Waals surface area (Å²) < 4.78 is 3.79. The van der Waals surface area contributed by atoms with Crippen molar-refractivity contribution in [3.8, 4) is 17.1 Å². The number of aryl methyl sites for hydroxylation is 2. The van der Waals surface area contributed by atoms with E-state index in [0.717, 1.165) is 23.6 Å². The summed E-state index contributed by atoms with van der Waals surface area (Å²) in [5.41, 5.74) is 5.81. The highest BCUT2D eigenvalue weighted by atomic mass is 15.1. The fourth-order valence-electron chi connectivity index (χ4n) is 2.96. The van der Waals surface area contributed by atoms with Crippen molar-refractivity contribution in [2.24, 2.45) is 7.05 Å². The molecule has 0 atom stereocenters. The first-order chi connectivity index (χ1) is 12.2. The Morgan fingerprint density at radius 2 is 2.00 bits per heavy atom. The van der Waals surface area contributed by atoms with Crippen LogP contribution in [0.3, 0.4) is 0 Å². The summed E-state index contributed by atoms with van der Waals surface area (Å²) in [6, 6.07) is 18.9. The van der Waals surface area contributed by atoms with Crippen LogP contribution in [-0.2, 0) is 13.5 Å². The Balaban J connectivity index is 1.60. The van der Waals surface area contributed by atoms with Crippen molar-refractivity contribution >= 4 is 0 Å². The molecule has 25 heavy (non-hydrogen) atoms. The third kappa shape index (κ3) is 3.38. The molecule has 0 bridgehead atoms. The van der Waals surface area contributed by atoms with Gasteiger partial charge in [0, 0.05) is 35.9 Å². The predicted octanol–water partition coefficient (Wildman–Crippen LogP) is 3.39. The molecule has 4 rings (SSSR count). The molecular weight excluding hydrogens is 308 g/mol. The lowest BCUT2D eigenvalue weighted by molar-refractivity contribution is -0.674. The molecule has 4 heteroatoms. The number of pyridine rings is 1. The van der Waals surface area contributed by atoms with Crippen molar-refractivity contribution in [2.75, 3.05) is 0 Å². The molecule has 0 unspecified atom stereocenters. The highest BCUT2D eigenvalue weighted by molar-refractivity contribution is 5.61. The first-order valence-corrected chi connectivity index (χ1v) is 8.35. The van der Waals surface area contributed by atoms with Crippen LogP contribution in [0.25, 0.3) is 17.1 Å². The number of nitrogens with zero attached hydrogens (tertiary/aromatic N) is 3. The van der Waals surface area contributed by atoms with Crippen LogP contribution < -0.4 is 4.57 Å². The minimum atomic E-state index is 0.800. The number of hydrogen-bond acceptors (Lipinski definition) is 1.